The lowest BCUT2D eigenvalue weighted by Crippen LogP contribution is -2.04. The molecule has 0 amide bonds. The molecule has 0 unspecified atom stereocenters. The number of hydrogen-bond donors (Lipinski definition) is 1. The Labute approximate surface area is 180 Å². The van der Waals surface area contributed by atoms with E-state index < -0.39 is 0 Å². The summed E-state index contributed by atoms with van der Waals surface area (Å²) in [5.74, 6) is 1.21. The standard InChI is InChI=1S/C22H20Cl3NO2/c1-2-27-21-10-16(13-26-18-6-4-3-5-7-18)20(25)12-22(21)28-14-15-8-9-17(23)11-19(15)24/h3-12,26H,2,13-14H2,1H3. The molecule has 0 fully saturated rings. The van der Waals surface area contributed by atoms with Crippen LogP contribution in [0.2, 0.25) is 15.1 Å². The highest BCUT2D eigenvalue weighted by atomic mass is 35.5. The number of benzene rings is 3. The van der Waals surface area contributed by atoms with Gasteiger partial charge in [-0.3, -0.25) is 0 Å². The van der Waals surface area contributed by atoms with Gasteiger partial charge in [-0.05, 0) is 42.8 Å². The van der Waals surface area contributed by atoms with E-state index in [1.165, 1.54) is 0 Å². The summed E-state index contributed by atoms with van der Waals surface area (Å²) < 4.78 is 11.7. The Hall–Kier alpha value is -2.07. The summed E-state index contributed by atoms with van der Waals surface area (Å²) in [5, 5.41) is 5.09. The van der Waals surface area contributed by atoms with Crippen LogP contribution in [0.5, 0.6) is 11.5 Å². The highest BCUT2D eigenvalue weighted by Crippen LogP contribution is 2.35. The Balaban J connectivity index is 1.76. The number of halogens is 3. The summed E-state index contributed by atoms with van der Waals surface area (Å²) in [6.45, 7) is 3.31. The molecule has 3 rings (SSSR count). The maximum absolute atomic E-state index is 6.48. The Bertz CT molecular complexity index is 933. The molecule has 0 heterocycles. The van der Waals surface area contributed by atoms with Gasteiger partial charge in [-0.25, -0.2) is 0 Å². The zero-order chi connectivity index (χ0) is 19.9. The molecule has 0 aromatic heterocycles. The molecule has 0 aliphatic heterocycles. The third-order valence-electron chi connectivity index (χ3n) is 4.07. The van der Waals surface area contributed by atoms with Crippen LogP contribution in [-0.2, 0) is 13.2 Å². The molecular formula is C22H20Cl3NO2. The Morgan fingerprint density at radius 3 is 2.21 bits per heavy atom. The molecule has 3 aromatic carbocycles. The Kier molecular flexibility index (Phi) is 7.32. The molecule has 3 nitrogen and oxygen atoms in total. The van der Waals surface area contributed by atoms with E-state index in [0.29, 0.717) is 39.7 Å². The molecule has 6 heteroatoms. The summed E-state index contributed by atoms with van der Waals surface area (Å²) >= 11 is 18.6. The van der Waals surface area contributed by atoms with E-state index in [2.05, 4.69) is 5.32 Å². The second-order valence-corrected chi connectivity index (χ2v) is 7.32. The molecule has 0 atom stereocenters. The van der Waals surface area contributed by atoms with Crippen LogP contribution in [0, 0.1) is 0 Å². The number of anilines is 1. The number of para-hydroxylation sites is 1. The highest BCUT2D eigenvalue weighted by molar-refractivity contribution is 6.35. The van der Waals surface area contributed by atoms with Gasteiger partial charge in [0.15, 0.2) is 11.5 Å². The van der Waals surface area contributed by atoms with E-state index in [4.69, 9.17) is 44.3 Å². The van der Waals surface area contributed by atoms with Gasteiger partial charge in [0.2, 0.25) is 0 Å². The van der Waals surface area contributed by atoms with Crippen LogP contribution < -0.4 is 14.8 Å². The van der Waals surface area contributed by atoms with Gasteiger partial charge in [0.05, 0.1) is 6.61 Å². The minimum Gasteiger partial charge on any atom is -0.490 e. The number of rotatable bonds is 8. The van der Waals surface area contributed by atoms with Gasteiger partial charge in [0.25, 0.3) is 0 Å². The molecule has 0 saturated carbocycles. The number of nitrogens with one attached hydrogen (secondary N) is 1. The highest BCUT2D eigenvalue weighted by Gasteiger charge is 2.12. The second-order valence-electron chi connectivity index (χ2n) is 6.07. The second kappa shape index (κ2) is 9.92. The van der Waals surface area contributed by atoms with Gasteiger partial charge in [-0.15, -0.1) is 0 Å². The van der Waals surface area contributed by atoms with Crippen LogP contribution in [0.4, 0.5) is 5.69 Å². The summed E-state index contributed by atoms with van der Waals surface area (Å²) in [5.41, 5.74) is 2.78. The largest absolute Gasteiger partial charge is 0.490 e. The minimum absolute atomic E-state index is 0.286. The quantitative estimate of drug-likeness (QED) is 0.404. The average molecular weight is 437 g/mol. The third kappa shape index (κ3) is 5.48. The number of ether oxygens (including phenoxy) is 2. The molecular weight excluding hydrogens is 417 g/mol. The fourth-order valence-electron chi connectivity index (χ4n) is 2.64. The van der Waals surface area contributed by atoms with Crippen molar-refractivity contribution < 1.29 is 9.47 Å². The maximum Gasteiger partial charge on any atom is 0.163 e. The van der Waals surface area contributed by atoms with Gasteiger partial charge in [0.1, 0.15) is 6.61 Å². The van der Waals surface area contributed by atoms with E-state index >= 15 is 0 Å². The van der Waals surface area contributed by atoms with E-state index in [9.17, 15) is 0 Å². The van der Waals surface area contributed by atoms with Crippen molar-refractivity contribution in [3.05, 3.63) is 86.9 Å². The van der Waals surface area contributed by atoms with Crippen LogP contribution >= 0.6 is 34.8 Å². The van der Waals surface area contributed by atoms with Crippen LogP contribution in [0.3, 0.4) is 0 Å². The molecule has 1 N–H and O–H groups in total. The van der Waals surface area contributed by atoms with E-state index in [-0.39, 0.29) is 6.61 Å². The van der Waals surface area contributed by atoms with Crippen LogP contribution in [-0.4, -0.2) is 6.61 Å². The summed E-state index contributed by atoms with van der Waals surface area (Å²) in [6.07, 6.45) is 0. The van der Waals surface area contributed by atoms with Gasteiger partial charge < -0.3 is 14.8 Å². The van der Waals surface area contributed by atoms with Gasteiger partial charge >= 0.3 is 0 Å². The number of hydrogen-bond acceptors (Lipinski definition) is 3. The molecule has 0 bridgehead atoms. The van der Waals surface area contributed by atoms with Gasteiger partial charge in [-0.1, -0.05) is 59.1 Å². The molecule has 0 aliphatic carbocycles. The van der Waals surface area contributed by atoms with Crippen LogP contribution in [0.1, 0.15) is 18.1 Å². The molecule has 146 valence electrons. The molecule has 0 saturated heterocycles. The zero-order valence-electron chi connectivity index (χ0n) is 15.3. The van der Waals surface area contributed by atoms with Crippen LogP contribution in [0.15, 0.2) is 60.7 Å². The normalized spacial score (nSPS) is 10.6. The first kappa shape index (κ1) is 20.7. The average Bonchev–Trinajstić information content (AvgIpc) is 2.69. The third-order valence-corrected chi connectivity index (χ3v) is 5.01. The fraction of sp³-hybridized carbons (Fsp3) is 0.182. The Morgan fingerprint density at radius 1 is 0.786 bits per heavy atom. The lowest BCUT2D eigenvalue weighted by Gasteiger charge is -2.16. The molecule has 0 spiro atoms. The summed E-state index contributed by atoms with van der Waals surface area (Å²) in [7, 11) is 0. The van der Waals surface area contributed by atoms with E-state index in [1.54, 1.807) is 18.2 Å². The summed E-state index contributed by atoms with van der Waals surface area (Å²) in [4.78, 5) is 0. The molecule has 28 heavy (non-hydrogen) atoms. The lowest BCUT2D eigenvalue weighted by molar-refractivity contribution is 0.269. The topological polar surface area (TPSA) is 30.5 Å². The van der Waals surface area contributed by atoms with Crippen LogP contribution in [0.25, 0.3) is 0 Å². The molecule has 3 aromatic rings. The summed E-state index contributed by atoms with van der Waals surface area (Å²) in [6, 6.07) is 18.9. The van der Waals surface area contributed by atoms with Gasteiger partial charge in [-0.2, -0.15) is 0 Å². The first-order valence-corrected chi connectivity index (χ1v) is 10.0. The Morgan fingerprint density at radius 2 is 1.50 bits per heavy atom. The van der Waals surface area contributed by atoms with Crippen molar-refractivity contribution in [2.75, 3.05) is 11.9 Å². The minimum atomic E-state index is 0.286. The van der Waals surface area contributed by atoms with Crippen molar-refractivity contribution in [3.8, 4) is 11.5 Å². The first-order valence-electron chi connectivity index (χ1n) is 8.87. The van der Waals surface area contributed by atoms with Crippen molar-refractivity contribution in [2.24, 2.45) is 0 Å². The first-order chi connectivity index (χ1) is 13.6. The maximum atomic E-state index is 6.48. The van der Waals surface area contributed by atoms with Crippen molar-refractivity contribution >= 4 is 40.5 Å². The van der Waals surface area contributed by atoms with E-state index in [1.807, 2.05) is 49.4 Å². The predicted octanol–water partition coefficient (Wildman–Crippen LogP) is 7.24. The van der Waals surface area contributed by atoms with Crippen molar-refractivity contribution in [2.45, 2.75) is 20.1 Å². The van der Waals surface area contributed by atoms with Crippen molar-refractivity contribution in [3.63, 3.8) is 0 Å². The monoisotopic (exact) mass is 435 g/mol. The van der Waals surface area contributed by atoms with Crippen molar-refractivity contribution in [1.29, 1.82) is 0 Å². The van der Waals surface area contributed by atoms with Crippen molar-refractivity contribution in [1.82, 2.24) is 0 Å². The smallest absolute Gasteiger partial charge is 0.163 e. The van der Waals surface area contributed by atoms with Gasteiger partial charge in [0, 0.05) is 38.9 Å². The SMILES string of the molecule is CCOc1cc(CNc2ccccc2)c(Cl)cc1OCc1ccc(Cl)cc1Cl. The fourth-order valence-corrected chi connectivity index (χ4v) is 3.32. The molecule has 0 radical (unpaired) electrons. The molecule has 0 aliphatic rings. The van der Waals surface area contributed by atoms with E-state index in [0.717, 1.165) is 16.8 Å². The lowest BCUT2D eigenvalue weighted by atomic mass is 10.2. The zero-order valence-corrected chi connectivity index (χ0v) is 17.6. The predicted molar refractivity (Wildman–Crippen MR) is 117 cm³/mol.